The third-order valence-corrected chi connectivity index (χ3v) is 3.95. The fraction of sp³-hybridized carbons (Fsp3) is 0.529. The lowest BCUT2D eigenvalue weighted by molar-refractivity contribution is -0.124. The van der Waals surface area contributed by atoms with Gasteiger partial charge in [0, 0.05) is 12.2 Å². The summed E-state index contributed by atoms with van der Waals surface area (Å²) in [7, 11) is 0. The molecular formula is C17H22N2O. The number of nitriles is 1. The molecule has 0 atom stereocenters. The molecule has 0 aromatic heterocycles. The van der Waals surface area contributed by atoms with Gasteiger partial charge in [-0.3, -0.25) is 4.79 Å². The first-order valence-corrected chi connectivity index (χ1v) is 7.23. The van der Waals surface area contributed by atoms with E-state index in [2.05, 4.69) is 32.0 Å². The predicted octanol–water partition coefficient (Wildman–Crippen LogP) is 3.64. The maximum absolute atomic E-state index is 12.5. The monoisotopic (exact) mass is 270 g/mol. The van der Waals surface area contributed by atoms with Gasteiger partial charge in [0.05, 0.1) is 6.07 Å². The third-order valence-electron chi connectivity index (χ3n) is 3.95. The van der Waals surface area contributed by atoms with Gasteiger partial charge in [-0.1, -0.05) is 26.0 Å². The van der Waals surface area contributed by atoms with Crippen molar-refractivity contribution < 1.29 is 4.79 Å². The topological polar surface area (TPSA) is 44.1 Å². The van der Waals surface area contributed by atoms with Crippen LogP contribution < -0.4 is 4.90 Å². The lowest BCUT2D eigenvalue weighted by Gasteiger charge is -2.33. The number of carbonyl (C=O) groups excluding carboxylic acids is 1. The number of hydrogen-bond acceptors (Lipinski definition) is 2. The highest BCUT2D eigenvalue weighted by Gasteiger charge is 2.34. The molecule has 0 saturated carbocycles. The number of rotatable bonds is 2. The van der Waals surface area contributed by atoms with Crippen LogP contribution >= 0.6 is 0 Å². The summed E-state index contributed by atoms with van der Waals surface area (Å²) in [5.41, 5.74) is 2.54. The molecule has 1 aromatic carbocycles. The van der Waals surface area contributed by atoms with E-state index in [1.54, 1.807) is 18.7 Å². The van der Waals surface area contributed by atoms with Crippen LogP contribution in [0.3, 0.4) is 0 Å². The molecule has 20 heavy (non-hydrogen) atoms. The highest BCUT2D eigenvalue weighted by molar-refractivity contribution is 5.99. The van der Waals surface area contributed by atoms with Crippen molar-refractivity contribution in [2.24, 2.45) is 5.41 Å². The number of aryl methyl sites for hydroxylation is 1. The molecule has 106 valence electrons. The minimum absolute atomic E-state index is 0.0988. The van der Waals surface area contributed by atoms with E-state index in [4.69, 9.17) is 5.26 Å². The Kier molecular flexibility index (Phi) is 3.85. The summed E-state index contributed by atoms with van der Waals surface area (Å²) in [6, 6.07) is 8.44. The quantitative estimate of drug-likeness (QED) is 0.823. The summed E-state index contributed by atoms with van der Waals surface area (Å²) in [5, 5.41) is 9.16. The average molecular weight is 270 g/mol. The van der Waals surface area contributed by atoms with Gasteiger partial charge < -0.3 is 4.90 Å². The molecule has 0 radical (unpaired) electrons. The van der Waals surface area contributed by atoms with E-state index in [1.165, 1.54) is 11.1 Å². The Morgan fingerprint density at radius 2 is 2.10 bits per heavy atom. The zero-order valence-electron chi connectivity index (χ0n) is 12.7. The summed E-state index contributed by atoms with van der Waals surface area (Å²) in [5.74, 6) is 0.389. The molecule has 0 saturated heterocycles. The van der Waals surface area contributed by atoms with Crippen LogP contribution in [-0.2, 0) is 11.2 Å². The van der Waals surface area contributed by atoms with Gasteiger partial charge in [0.15, 0.2) is 0 Å². The molecular weight excluding hydrogens is 248 g/mol. The Hall–Kier alpha value is -1.82. The molecule has 0 spiro atoms. The van der Waals surface area contributed by atoms with Crippen LogP contribution in [0, 0.1) is 16.7 Å². The van der Waals surface area contributed by atoms with E-state index < -0.39 is 5.41 Å². The number of fused-ring (bicyclic) bond motifs is 1. The molecule has 0 fully saturated rings. The predicted molar refractivity (Wildman–Crippen MR) is 80.6 cm³/mol. The Labute approximate surface area is 121 Å². The van der Waals surface area contributed by atoms with Crippen molar-refractivity contribution in [2.75, 3.05) is 11.4 Å². The van der Waals surface area contributed by atoms with Crippen LogP contribution in [0.15, 0.2) is 18.2 Å². The van der Waals surface area contributed by atoms with Crippen LogP contribution in [0.1, 0.15) is 51.2 Å². The first kappa shape index (κ1) is 14.6. The standard InChI is InChI=1S/C17H22N2O/c1-12(2)13-7-8-15-14(10-13)6-5-9-19(15)16(20)17(3,4)11-18/h7-8,10,12H,5-6,9H2,1-4H3. The largest absolute Gasteiger partial charge is 0.311 e. The lowest BCUT2D eigenvalue weighted by Crippen LogP contribution is -2.43. The van der Waals surface area contributed by atoms with Crippen LogP contribution in [0.4, 0.5) is 5.69 Å². The first-order chi connectivity index (χ1) is 9.36. The summed E-state index contributed by atoms with van der Waals surface area (Å²) >= 11 is 0. The fourth-order valence-corrected chi connectivity index (χ4v) is 2.57. The van der Waals surface area contributed by atoms with E-state index in [0.717, 1.165) is 18.5 Å². The van der Waals surface area contributed by atoms with Gasteiger partial charge in [-0.15, -0.1) is 0 Å². The summed E-state index contributed by atoms with van der Waals surface area (Å²) in [6.07, 6.45) is 1.97. The second-order valence-electron chi connectivity index (χ2n) is 6.34. The maximum Gasteiger partial charge on any atom is 0.246 e. The highest BCUT2D eigenvalue weighted by atomic mass is 16.2. The first-order valence-electron chi connectivity index (χ1n) is 7.23. The van der Waals surface area contributed by atoms with Crippen LogP contribution in [0.2, 0.25) is 0 Å². The van der Waals surface area contributed by atoms with E-state index in [-0.39, 0.29) is 5.91 Å². The second-order valence-corrected chi connectivity index (χ2v) is 6.34. The minimum Gasteiger partial charge on any atom is -0.311 e. The molecule has 0 unspecified atom stereocenters. The molecule has 0 N–H and O–H groups in total. The Morgan fingerprint density at radius 1 is 1.40 bits per heavy atom. The zero-order chi connectivity index (χ0) is 14.9. The number of carbonyl (C=O) groups is 1. The summed E-state index contributed by atoms with van der Waals surface area (Å²) < 4.78 is 0. The van der Waals surface area contributed by atoms with E-state index in [9.17, 15) is 4.79 Å². The third kappa shape index (κ3) is 2.56. The molecule has 3 heteroatoms. The number of benzene rings is 1. The summed E-state index contributed by atoms with van der Waals surface area (Å²) in [6.45, 7) is 8.43. The molecule has 3 nitrogen and oxygen atoms in total. The fourth-order valence-electron chi connectivity index (χ4n) is 2.57. The zero-order valence-corrected chi connectivity index (χ0v) is 12.7. The molecule has 2 rings (SSSR count). The summed E-state index contributed by atoms with van der Waals surface area (Å²) in [4.78, 5) is 14.3. The van der Waals surface area contributed by atoms with Gasteiger partial charge in [-0.05, 0) is 49.8 Å². The number of anilines is 1. The van der Waals surface area contributed by atoms with Gasteiger partial charge in [0.2, 0.25) is 5.91 Å². The molecule has 1 aliphatic heterocycles. The molecule has 1 aliphatic rings. The Morgan fingerprint density at radius 3 is 2.70 bits per heavy atom. The van der Waals surface area contributed by atoms with Gasteiger partial charge in [-0.2, -0.15) is 5.26 Å². The van der Waals surface area contributed by atoms with Gasteiger partial charge in [0.1, 0.15) is 5.41 Å². The van der Waals surface area contributed by atoms with Gasteiger partial charge in [-0.25, -0.2) is 0 Å². The van der Waals surface area contributed by atoms with Crippen LogP contribution in [0.25, 0.3) is 0 Å². The van der Waals surface area contributed by atoms with Gasteiger partial charge >= 0.3 is 0 Å². The number of nitrogens with zero attached hydrogens (tertiary/aromatic N) is 2. The number of hydrogen-bond donors (Lipinski definition) is 0. The Balaban J connectivity index is 2.39. The highest BCUT2D eigenvalue weighted by Crippen LogP contribution is 2.33. The van der Waals surface area contributed by atoms with Gasteiger partial charge in [0.25, 0.3) is 0 Å². The maximum atomic E-state index is 12.5. The molecule has 0 aliphatic carbocycles. The van der Waals surface area contributed by atoms with E-state index >= 15 is 0 Å². The van der Waals surface area contributed by atoms with Crippen molar-refractivity contribution in [3.05, 3.63) is 29.3 Å². The van der Waals surface area contributed by atoms with E-state index in [0.29, 0.717) is 12.5 Å². The smallest absolute Gasteiger partial charge is 0.246 e. The van der Waals surface area contributed by atoms with Crippen molar-refractivity contribution in [3.63, 3.8) is 0 Å². The molecule has 1 aromatic rings. The van der Waals surface area contributed by atoms with Crippen molar-refractivity contribution in [1.82, 2.24) is 0 Å². The average Bonchev–Trinajstić information content (AvgIpc) is 2.45. The van der Waals surface area contributed by atoms with Crippen LogP contribution in [0.5, 0.6) is 0 Å². The van der Waals surface area contributed by atoms with Crippen molar-refractivity contribution in [3.8, 4) is 6.07 Å². The normalized spacial score (nSPS) is 14.9. The molecule has 0 bridgehead atoms. The SMILES string of the molecule is CC(C)c1ccc2c(c1)CCCN2C(=O)C(C)(C)C#N. The van der Waals surface area contributed by atoms with E-state index in [1.807, 2.05) is 6.07 Å². The van der Waals surface area contributed by atoms with Crippen molar-refractivity contribution >= 4 is 11.6 Å². The van der Waals surface area contributed by atoms with Crippen molar-refractivity contribution in [1.29, 1.82) is 5.26 Å². The van der Waals surface area contributed by atoms with Crippen LogP contribution in [-0.4, -0.2) is 12.5 Å². The minimum atomic E-state index is -0.967. The number of amides is 1. The Bertz CT molecular complexity index is 567. The lowest BCUT2D eigenvalue weighted by atomic mass is 9.90. The molecule has 1 heterocycles. The molecule has 1 amide bonds. The van der Waals surface area contributed by atoms with Crippen molar-refractivity contribution in [2.45, 2.75) is 46.5 Å². The second kappa shape index (κ2) is 5.28.